The molecule has 0 spiro atoms. The van der Waals surface area contributed by atoms with Crippen LogP contribution in [0.2, 0.25) is 0 Å². The Bertz CT molecular complexity index is 1070. The number of fused-ring (bicyclic) bond motifs is 1. The molecule has 2 fully saturated rings. The van der Waals surface area contributed by atoms with Crippen molar-refractivity contribution in [2.24, 2.45) is 11.8 Å². The first kappa shape index (κ1) is 22.1. The number of likely N-dealkylation sites (N-methyl/N-ethyl adjacent to an activating group) is 1. The molecule has 4 rings (SSSR count). The number of nitrogens with zero attached hydrogens (tertiary/aromatic N) is 5. The quantitative estimate of drug-likeness (QED) is 0.535. The van der Waals surface area contributed by atoms with Crippen molar-refractivity contribution in [3.05, 3.63) is 29.8 Å². The Kier molecular flexibility index (Phi) is 4.66. The number of hydrogen-bond donors (Lipinski definition) is 0. The van der Waals surface area contributed by atoms with Gasteiger partial charge in [-0.2, -0.15) is 0 Å². The molecule has 33 heavy (non-hydrogen) atoms. The number of barbiturate groups is 2. The van der Waals surface area contributed by atoms with Gasteiger partial charge in [0, 0.05) is 40.9 Å². The lowest BCUT2D eigenvalue weighted by molar-refractivity contribution is -0.163. The third kappa shape index (κ3) is 2.48. The first-order valence-corrected chi connectivity index (χ1v) is 9.96. The van der Waals surface area contributed by atoms with Crippen molar-refractivity contribution >= 4 is 47.3 Å². The number of hydrogen-bond acceptors (Lipinski definition) is 7. The minimum atomic E-state index is -2.31. The molecule has 0 radical (unpaired) electrons. The molecule has 2 saturated heterocycles. The largest absolute Gasteiger partial charge is 0.332 e. The second kappa shape index (κ2) is 6.95. The molecular weight excluding hydrogens is 434 g/mol. The highest BCUT2D eigenvalue weighted by Gasteiger charge is 2.71. The van der Waals surface area contributed by atoms with Crippen LogP contribution in [0.1, 0.15) is 5.56 Å². The zero-order chi connectivity index (χ0) is 24.6. The number of rotatable bonds is 2. The van der Waals surface area contributed by atoms with Crippen LogP contribution >= 0.6 is 0 Å². The lowest BCUT2D eigenvalue weighted by Crippen LogP contribution is -2.71. The predicted molar refractivity (Wildman–Crippen MR) is 110 cm³/mol. The molecule has 1 aromatic rings. The van der Waals surface area contributed by atoms with E-state index in [9.17, 15) is 33.6 Å². The summed E-state index contributed by atoms with van der Waals surface area (Å²) in [6, 6.07) is 4.37. The molecule has 9 amide bonds. The van der Waals surface area contributed by atoms with Crippen molar-refractivity contribution < 1.29 is 33.6 Å². The molecule has 3 heterocycles. The van der Waals surface area contributed by atoms with E-state index in [0.717, 1.165) is 28.2 Å². The number of benzene rings is 1. The summed E-state index contributed by atoms with van der Waals surface area (Å²) >= 11 is 0. The van der Waals surface area contributed by atoms with Crippen LogP contribution in [0.25, 0.3) is 0 Å². The van der Waals surface area contributed by atoms with Gasteiger partial charge in [0.1, 0.15) is 17.3 Å². The summed E-state index contributed by atoms with van der Waals surface area (Å²) < 4.78 is 0. The highest BCUT2D eigenvalue weighted by atomic mass is 16.2. The van der Waals surface area contributed by atoms with Gasteiger partial charge in [-0.1, -0.05) is 18.2 Å². The Labute approximate surface area is 188 Å². The molecule has 0 saturated carbocycles. The minimum absolute atomic E-state index is 0.114. The van der Waals surface area contributed by atoms with E-state index < -0.39 is 58.8 Å². The number of amides is 9. The van der Waals surface area contributed by atoms with Crippen molar-refractivity contribution in [1.29, 1.82) is 0 Å². The third-order valence-corrected chi connectivity index (χ3v) is 6.74. The van der Waals surface area contributed by atoms with Crippen molar-refractivity contribution in [1.82, 2.24) is 19.6 Å². The number of urea groups is 2. The van der Waals surface area contributed by atoms with Crippen LogP contribution in [0, 0.1) is 11.8 Å². The van der Waals surface area contributed by atoms with Crippen molar-refractivity contribution in [3.63, 3.8) is 0 Å². The smallest absolute Gasteiger partial charge is 0.314 e. The summed E-state index contributed by atoms with van der Waals surface area (Å²) in [5.74, 6) is -8.72. The lowest BCUT2D eigenvalue weighted by Gasteiger charge is -2.46. The standard InChI is InChI=1S/C21H21N5O7/c1-22-11-9-7-6-8-10(11)21(18(22)31,12-14(27)23(2)19(32)24(3)15(12)28)13-16(29)25(4)20(33)26(5)17(13)30/h6-9,12-13H,1-5H3. The summed E-state index contributed by atoms with van der Waals surface area (Å²) in [5, 5.41) is 0. The van der Waals surface area contributed by atoms with Crippen LogP contribution in [-0.4, -0.2) is 96.4 Å². The van der Waals surface area contributed by atoms with Gasteiger partial charge in [0.15, 0.2) is 0 Å². The average Bonchev–Trinajstić information content (AvgIpc) is 3.02. The first-order valence-electron chi connectivity index (χ1n) is 9.96. The second-order valence-electron chi connectivity index (χ2n) is 8.27. The van der Waals surface area contributed by atoms with Crippen LogP contribution < -0.4 is 4.90 Å². The molecule has 1 aromatic carbocycles. The highest BCUT2D eigenvalue weighted by molar-refractivity contribution is 6.27. The molecule has 3 aliphatic rings. The number of carbonyl (C=O) groups is 7. The molecule has 0 unspecified atom stereocenters. The summed E-state index contributed by atoms with van der Waals surface area (Å²) in [6.07, 6.45) is 0. The van der Waals surface area contributed by atoms with Gasteiger partial charge >= 0.3 is 12.1 Å². The Hall–Kier alpha value is -4.09. The fraction of sp³-hybridized carbons (Fsp3) is 0.381. The van der Waals surface area contributed by atoms with Crippen molar-refractivity contribution in [2.45, 2.75) is 5.41 Å². The van der Waals surface area contributed by atoms with E-state index in [1.165, 1.54) is 18.0 Å². The SMILES string of the molecule is CN1C(=O)C(C2(C3C(=O)N(C)C(=O)N(C)C3=O)C(=O)N(C)c3ccccc32)C(=O)N(C)C1=O. The topological polar surface area (TPSA) is 136 Å². The van der Waals surface area contributed by atoms with Crippen molar-refractivity contribution in [3.8, 4) is 0 Å². The summed E-state index contributed by atoms with van der Waals surface area (Å²) in [7, 11) is 5.99. The fourth-order valence-corrected chi connectivity index (χ4v) is 4.93. The van der Waals surface area contributed by atoms with Gasteiger partial charge in [-0.3, -0.25) is 43.6 Å². The van der Waals surface area contributed by atoms with Gasteiger partial charge in [-0.15, -0.1) is 0 Å². The van der Waals surface area contributed by atoms with Crippen LogP contribution in [0.4, 0.5) is 15.3 Å². The molecule has 0 aromatic heterocycles. The second-order valence-corrected chi connectivity index (χ2v) is 8.27. The van der Waals surface area contributed by atoms with E-state index in [-0.39, 0.29) is 5.56 Å². The lowest BCUT2D eigenvalue weighted by atomic mass is 9.60. The van der Waals surface area contributed by atoms with Crippen molar-refractivity contribution in [2.75, 3.05) is 40.1 Å². The van der Waals surface area contributed by atoms with Gasteiger partial charge in [-0.25, -0.2) is 9.59 Å². The molecule has 3 aliphatic heterocycles. The number of carbonyl (C=O) groups excluding carboxylic acids is 7. The van der Waals surface area contributed by atoms with E-state index in [2.05, 4.69) is 0 Å². The predicted octanol–water partition coefficient (Wildman–Crippen LogP) is -0.766. The Morgan fingerprint density at radius 3 is 1.33 bits per heavy atom. The molecule has 0 atom stereocenters. The van der Waals surface area contributed by atoms with E-state index in [1.54, 1.807) is 18.2 Å². The molecule has 0 bridgehead atoms. The van der Waals surface area contributed by atoms with E-state index in [0.29, 0.717) is 25.3 Å². The monoisotopic (exact) mass is 455 g/mol. The van der Waals surface area contributed by atoms with Gasteiger partial charge in [-0.05, 0) is 11.6 Å². The average molecular weight is 455 g/mol. The summed E-state index contributed by atoms with van der Waals surface area (Å²) in [4.78, 5) is 96.2. The normalized spacial score (nSPS) is 22.2. The van der Waals surface area contributed by atoms with Crippen LogP contribution in [0.5, 0.6) is 0 Å². The van der Waals surface area contributed by atoms with Crippen LogP contribution in [0.3, 0.4) is 0 Å². The zero-order valence-corrected chi connectivity index (χ0v) is 18.6. The van der Waals surface area contributed by atoms with Gasteiger partial charge in [0.25, 0.3) is 0 Å². The zero-order valence-electron chi connectivity index (χ0n) is 18.6. The number of anilines is 1. The summed E-state index contributed by atoms with van der Waals surface area (Å²) in [6.45, 7) is 0. The third-order valence-electron chi connectivity index (χ3n) is 6.74. The number of para-hydroxylation sites is 1. The first-order chi connectivity index (χ1) is 15.4. The Morgan fingerprint density at radius 2 is 0.939 bits per heavy atom. The molecule has 12 heteroatoms. The highest BCUT2D eigenvalue weighted by Crippen LogP contribution is 2.53. The Morgan fingerprint density at radius 1 is 0.576 bits per heavy atom. The van der Waals surface area contributed by atoms with Gasteiger partial charge in [0.05, 0.1) is 0 Å². The molecule has 172 valence electrons. The maximum Gasteiger partial charge on any atom is 0.332 e. The summed E-state index contributed by atoms with van der Waals surface area (Å²) in [5.41, 5.74) is -1.89. The van der Waals surface area contributed by atoms with Crippen LogP contribution in [0.15, 0.2) is 24.3 Å². The molecular formula is C21H21N5O7. The van der Waals surface area contributed by atoms with E-state index in [4.69, 9.17) is 0 Å². The van der Waals surface area contributed by atoms with Crippen LogP contribution in [-0.2, 0) is 29.4 Å². The fourth-order valence-electron chi connectivity index (χ4n) is 4.93. The van der Waals surface area contributed by atoms with E-state index in [1.807, 2.05) is 0 Å². The molecule has 12 nitrogen and oxygen atoms in total. The maximum atomic E-state index is 13.9. The molecule has 0 aliphatic carbocycles. The van der Waals surface area contributed by atoms with Gasteiger partial charge in [0.2, 0.25) is 29.5 Å². The Balaban J connectivity index is 2.09. The molecule has 0 N–H and O–H groups in total. The number of imide groups is 4. The van der Waals surface area contributed by atoms with E-state index >= 15 is 0 Å². The van der Waals surface area contributed by atoms with Gasteiger partial charge < -0.3 is 4.90 Å². The minimum Gasteiger partial charge on any atom is -0.314 e. The maximum absolute atomic E-state index is 13.9.